The quantitative estimate of drug-likeness (QED) is 0.786. The second-order valence-corrected chi connectivity index (χ2v) is 7.00. The van der Waals surface area contributed by atoms with Gasteiger partial charge in [-0.2, -0.15) is 4.52 Å². The molecule has 5 nitrogen and oxygen atoms in total. The number of aromatic nitrogens is 4. The number of benzene rings is 1. The first-order valence-corrected chi connectivity index (χ1v) is 8.08. The average Bonchev–Trinajstić information content (AvgIpc) is 2.91. The molecule has 3 aromatic rings. The Morgan fingerprint density at radius 1 is 1.13 bits per heavy atom. The molecule has 2 aromatic heterocycles. The van der Waals surface area contributed by atoms with Crippen molar-refractivity contribution in [2.75, 3.05) is 5.32 Å². The number of aryl methyl sites for hydroxylation is 2. The zero-order valence-electron chi connectivity index (χ0n) is 13.7. The minimum atomic E-state index is 0.174. The maximum Gasteiger partial charge on any atom is 0.178 e. The average molecular weight is 307 g/mol. The van der Waals surface area contributed by atoms with Gasteiger partial charge in [-0.15, -0.1) is 15.3 Å². The monoisotopic (exact) mass is 307 g/mol. The summed E-state index contributed by atoms with van der Waals surface area (Å²) in [5.74, 6) is 1.65. The first kappa shape index (κ1) is 14.2. The summed E-state index contributed by atoms with van der Waals surface area (Å²) in [6.45, 7) is 6.56. The number of nitrogens with one attached hydrogen (secondary N) is 1. The molecular formula is C18H21N5. The number of rotatable bonds is 2. The lowest BCUT2D eigenvalue weighted by atomic mass is 9.70. The molecule has 0 radical (unpaired) electrons. The van der Waals surface area contributed by atoms with E-state index in [1.54, 1.807) is 4.52 Å². The van der Waals surface area contributed by atoms with E-state index >= 15 is 0 Å². The van der Waals surface area contributed by atoms with Gasteiger partial charge >= 0.3 is 0 Å². The maximum absolute atomic E-state index is 4.65. The van der Waals surface area contributed by atoms with Crippen LogP contribution in [0.25, 0.3) is 5.65 Å². The van der Waals surface area contributed by atoms with Crippen LogP contribution in [0.4, 0.5) is 5.82 Å². The summed E-state index contributed by atoms with van der Waals surface area (Å²) in [4.78, 5) is 0. The first-order chi connectivity index (χ1) is 11.0. The van der Waals surface area contributed by atoms with Crippen LogP contribution in [0, 0.1) is 12.3 Å². The lowest BCUT2D eigenvalue weighted by Crippen LogP contribution is -2.33. The molecule has 0 unspecified atom stereocenters. The van der Waals surface area contributed by atoms with Gasteiger partial charge in [-0.1, -0.05) is 38.1 Å². The fourth-order valence-electron chi connectivity index (χ4n) is 3.46. The molecule has 23 heavy (non-hydrogen) atoms. The number of fused-ring (bicyclic) bond motifs is 2. The molecule has 0 amide bonds. The van der Waals surface area contributed by atoms with Crippen molar-refractivity contribution in [3.63, 3.8) is 0 Å². The van der Waals surface area contributed by atoms with Crippen molar-refractivity contribution < 1.29 is 0 Å². The van der Waals surface area contributed by atoms with Crippen molar-refractivity contribution >= 4 is 11.5 Å². The van der Waals surface area contributed by atoms with Gasteiger partial charge in [0, 0.05) is 0 Å². The van der Waals surface area contributed by atoms with Gasteiger partial charge in [-0.05, 0) is 48.4 Å². The number of anilines is 1. The molecular weight excluding hydrogens is 286 g/mol. The fourth-order valence-corrected chi connectivity index (χ4v) is 3.46. The van der Waals surface area contributed by atoms with Crippen LogP contribution in [0.5, 0.6) is 0 Å². The number of hydrogen-bond acceptors (Lipinski definition) is 4. The van der Waals surface area contributed by atoms with E-state index < -0.39 is 0 Å². The number of hydrogen-bond donors (Lipinski definition) is 1. The van der Waals surface area contributed by atoms with Gasteiger partial charge in [0.05, 0.1) is 6.04 Å². The van der Waals surface area contributed by atoms with Gasteiger partial charge < -0.3 is 5.32 Å². The van der Waals surface area contributed by atoms with Crippen LogP contribution >= 0.6 is 0 Å². The lowest BCUT2D eigenvalue weighted by Gasteiger charge is -2.40. The molecule has 0 aliphatic heterocycles. The topological polar surface area (TPSA) is 55.1 Å². The molecule has 0 saturated carbocycles. The van der Waals surface area contributed by atoms with Gasteiger partial charge in [0.25, 0.3) is 0 Å². The summed E-state index contributed by atoms with van der Waals surface area (Å²) >= 11 is 0. The van der Waals surface area contributed by atoms with E-state index in [1.165, 1.54) is 11.1 Å². The molecule has 0 bridgehead atoms. The second-order valence-electron chi connectivity index (χ2n) is 7.00. The third kappa shape index (κ3) is 2.36. The highest BCUT2D eigenvalue weighted by molar-refractivity contribution is 5.47. The Balaban J connectivity index is 1.74. The van der Waals surface area contributed by atoms with E-state index in [0.29, 0.717) is 0 Å². The van der Waals surface area contributed by atoms with Crippen LogP contribution in [0.15, 0.2) is 36.4 Å². The van der Waals surface area contributed by atoms with Crippen molar-refractivity contribution in [2.24, 2.45) is 5.41 Å². The molecule has 2 heterocycles. The Kier molecular flexibility index (Phi) is 3.11. The molecule has 1 aliphatic rings. The zero-order chi connectivity index (χ0) is 16.0. The van der Waals surface area contributed by atoms with Crippen molar-refractivity contribution in [2.45, 2.75) is 39.7 Å². The molecule has 1 aromatic carbocycles. The molecule has 0 saturated heterocycles. The fraction of sp³-hybridized carbons (Fsp3) is 0.389. The second kappa shape index (κ2) is 5.05. The van der Waals surface area contributed by atoms with Gasteiger partial charge in [0.2, 0.25) is 0 Å². The van der Waals surface area contributed by atoms with E-state index in [9.17, 15) is 0 Å². The van der Waals surface area contributed by atoms with Gasteiger partial charge in [0.1, 0.15) is 5.82 Å². The van der Waals surface area contributed by atoms with E-state index in [-0.39, 0.29) is 11.5 Å². The minimum absolute atomic E-state index is 0.174. The van der Waals surface area contributed by atoms with Crippen LogP contribution in [-0.4, -0.2) is 19.8 Å². The third-order valence-corrected chi connectivity index (χ3v) is 4.90. The van der Waals surface area contributed by atoms with Gasteiger partial charge in [-0.3, -0.25) is 0 Å². The van der Waals surface area contributed by atoms with Crippen molar-refractivity contribution in [1.29, 1.82) is 0 Å². The summed E-state index contributed by atoms with van der Waals surface area (Å²) in [5, 5.41) is 16.5. The molecule has 118 valence electrons. The zero-order valence-corrected chi connectivity index (χ0v) is 13.7. The Hall–Kier alpha value is -2.43. The minimum Gasteiger partial charge on any atom is -0.361 e. The van der Waals surface area contributed by atoms with Crippen LogP contribution < -0.4 is 5.32 Å². The smallest absolute Gasteiger partial charge is 0.178 e. The molecule has 0 spiro atoms. The largest absolute Gasteiger partial charge is 0.361 e. The normalized spacial score (nSPS) is 19.5. The maximum atomic E-state index is 4.65. The van der Waals surface area contributed by atoms with E-state index in [0.717, 1.165) is 30.1 Å². The van der Waals surface area contributed by atoms with E-state index in [1.807, 2.05) is 19.1 Å². The highest BCUT2D eigenvalue weighted by atomic mass is 15.4. The molecule has 0 fully saturated rings. The Labute approximate surface area is 135 Å². The van der Waals surface area contributed by atoms with Crippen molar-refractivity contribution in [1.82, 2.24) is 19.8 Å². The van der Waals surface area contributed by atoms with Crippen LogP contribution in [-0.2, 0) is 6.42 Å². The Morgan fingerprint density at radius 2 is 1.96 bits per heavy atom. The van der Waals surface area contributed by atoms with Crippen LogP contribution in [0.1, 0.15) is 43.3 Å². The predicted octanol–water partition coefficient (Wildman–Crippen LogP) is 3.56. The molecule has 4 rings (SSSR count). The Bertz CT molecular complexity index is 865. The van der Waals surface area contributed by atoms with Crippen molar-refractivity contribution in [3.8, 4) is 0 Å². The summed E-state index contributed by atoms with van der Waals surface area (Å²) in [6, 6.07) is 12.9. The summed E-state index contributed by atoms with van der Waals surface area (Å²) in [6.07, 6.45) is 2.30. The Morgan fingerprint density at radius 3 is 2.83 bits per heavy atom. The van der Waals surface area contributed by atoms with E-state index in [4.69, 9.17) is 0 Å². The first-order valence-electron chi connectivity index (χ1n) is 8.08. The summed E-state index contributed by atoms with van der Waals surface area (Å²) in [5.41, 5.74) is 3.76. The number of nitrogens with zero attached hydrogens (tertiary/aromatic N) is 4. The van der Waals surface area contributed by atoms with Gasteiger partial charge in [-0.25, -0.2) is 0 Å². The van der Waals surface area contributed by atoms with Crippen LogP contribution in [0.2, 0.25) is 0 Å². The predicted molar refractivity (Wildman–Crippen MR) is 90.4 cm³/mol. The molecule has 1 N–H and O–H groups in total. The van der Waals surface area contributed by atoms with Crippen molar-refractivity contribution in [3.05, 3.63) is 53.3 Å². The lowest BCUT2D eigenvalue weighted by molar-refractivity contribution is 0.265. The molecule has 1 atom stereocenters. The highest BCUT2D eigenvalue weighted by Crippen LogP contribution is 2.44. The van der Waals surface area contributed by atoms with E-state index in [2.05, 4.69) is 58.7 Å². The summed E-state index contributed by atoms with van der Waals surface area (Å²) < 4.78 is 1.78. The van der Waals surface area contributed by atoms with Crippen LogP contribution in [0.3, 0.4) is 0 Å². The third-order valence-electron chi connectivity index (χ3n) is 4.90. The molecule has 1 aliphatic carbocycles. The van der Waals surface area contributed by atoms with Gasteiger partial charge in [0.15, 0.2) is 11.5 Å². The molecule has 5 heteroatoms. The SMILES string of the molecule is Cc1nnc2ccc(N[C@@H]3c4ccccc4CCC3(C)C)nn12. The highest BCUT2D eigenvalue weighted by Gasteiger charge is 2.35. The standard InChI is InChI=1S/C18H21N5/c1-12-20-21-16-9-8-15(22-23(12)16)19-17-14-7-5-4-6-13(14)10-11-18(17,2)3/h4-9,17H,10-11H2,1-3H3,(H,19,22)/t17-/m1/s1. The summed E-state index contributed by atoms with van der Waals surface area (Å²) in [7, 11) is 0.